The van der Waals surface area contributed by atoms with Crippen molar-refractivity contribution >= 4 is 0 Å². The van der Waals surface area contributed by atoms with E-state index in [-0.39, 0.29) is 6.61 Å². The summed E-state index contributed by atoms with van der Waals surface area (Å²) in [5, 5.41) is 0. The topological polar surface area (TPSA) is 9.23 Å². The molecule has 0 aliphatic carbocycles. The average Bonchev–Trinajstić information content (AvgIpc) is 1.97. The summed E-state index contributed by atoms with van der Waals surface area (Å²) in [6.45, 7) is 1.87. The number of allylic oxidation sites excluding steroid dienone is 1. The Morgan fingerprint density at radius 2 is 2.09 bits per heavy atom. The van der Waals surface area contributed by atoms with Crippen molar-refractivity contribution in [1.29, 1.82) is 0 Å². The maximum Gasteiger partial charge on any atom is 0.294 e. The van der Waals surface area contributed by atoms with E-state index in [2.05, 4.69) is 17.2 Å². The van der Waals surface area contributed by atoms with Crippen molar-refractivity contribution in [1.82, 2.24) is 0 Å². The van der Waals surface area contributed by atoms with Crippen molar-refractivity contribution in [2.75, 3.05) is 13.3 Å². The van der Waals surface area contributed by atoms with Crippen molar-refractivity contribution in [2.24, 2.45) is 0 Å². The molecule has 0 aromatic carbocycles. The molecule has 1 nitrogen and oxygen atoms in total. The number of rotatable bonds is 3. The molecule has 0 aromatic heterocycles. The van der Waals surface area contributed by atoms with E-state index in [1.165, 1.54) is 0 Å². The van der Waals surface area contributed by atoms with Crippen LogP contribution in [0.5, 0.6) is 0 Å². The fourth-order valence-electron chi connectivity index (χ4n) is 0.290. The van der Waals surface area contributed by atoms with Gasteiger partial charge in [0.15, 0.2) is 5.76 Å². The maximum absolute atomic E-state index is 11.6. The Morgan fingerprint density at radius 1 is 1.45 bits per heavy atom. The molecule has 0 radical (unpaired) electrons. The summed E-state index contributed by atoms with van der Waals surface area (Å²) in [6.07, 6.45) is -2.71. The molecule has 0 bridgehead atoms. The van der Waals surface area contributed by atoms with Crippen LogP contribution < -0.4 is 0 Å². The minimum Gasteiger partial charge on any atom is -0.480 e. The van der Waals surface area contributed by atoms with E-state index in [1.54, 1.807) is 0 Å². The van der Waals surface area contributed by atoms with Gasteiger partial charge in [-0.15, -0.1) is 0 Å². The first kappa shape index (κ1) is 9.89. The van der Waals surface area contributed by atoms with Gasteiger partial charge >= 0.3 is 0 Å². The summed E-state index contributed by atoms with van der Waals surface area (Å²) in [4.78, 5) is 0. The minimum absolute atomic E-state index is 0.243. The van der Waals surface area contributed by atoms with Gasteiger partial charge in [-0.3, -0.25) is 0 Å². The van der Waals surface area contributed by atoms with Gasteiger partial charge in [-0.05, 0) is 0 Å². The first-order valence-electron chi connectivity index (χ1n) is 2.80. The zero-order chi connectivity index (χ0) is 8.69. The first-order chi connectivity index (χ1) is 5.18. The molecule has 0 N–H and O–H groups in total. The zero-order valence-corrected chi connectivity index (χ0v) is 5.74. The molecular weight excluding hydrogens is 157 g/mol. The lowest BCUT2D eigenvalue weighted by molar-refractivity contribution is 0.0966. The Kier molecular flexibility index (Phi) is 5.09. The zero-order valence-electron chi connectivity index (χ0n) is 5.74. The molecule has 0 rings (SSSR count). The third-order valence-electron chi connectivity index (χ3n) is 0.765. The molecule has 0 saturated carbocycles. The lowest BCUT2D eigenvalue weighted by Gasteiger charge is -2.02. The van der Waals surface area contributed by atoms with E-state index >= 15 is 0 Å². The second-order valence-electron chi connectivity index (χ2n) is 1.54. The van der Waals surface area contributed by atoms with Crippen LogP contribution in [0.25, 0.3) is 0 Å². The second-order valence-corrected chi connectivity index (χ2v) is 1.54. The molecule has 0 fully saturated rings. The average molecular weight is 164 g/mol. The summed E-state index contributed by atoms with van der Waals surface area (Å²) in [7, 11) is 0. The fourth-order valence-corrected chi connectivity index (χ4v) is 0.290. The Balaban J connectivity index is 3.47. The van der Waals surface area contributed by atoms with Gasteiger partial charge in [0.1, 0.15) is 13.3 Å². The summed E-state index contributed by atoms with van der Waals surface area (Å²) >= 11 is 0. The Labute approximate surface area is 62.8 Å². The van der Waals surface area contributed by atoms with Crippen molar-refractivity contribution < 1.29 is 17.9 Å². The minimum atomic E-state index is -2.71. The molecule has 0 spiro atoms. The molecule has 0 atom stereocenters. The van der Waals surface area contributed by atoms with Crippen LogP contribution in [-0.2, 0) is 4.74 Å². The maximum atomic E-state index is 11.6. The van der Waals surface area contributed by atoms with Gasteiger partial charge in [0.05, 0.1) is 0 Å². The lowest BCUT2D eigenvalue weighted by atomic mass is 10.5. The molecular formula is C7H7F3O. The summed E-state index contributed by atoms with van der Waals surface area (Å²) in [5.41, 5.74) is 0. The third kappa shape index (κ3) is 5.34. The van der Waals surface area contributed by atoms with Crippen LogP contribution in [0.4, 0.5) is 13.2 Å². The highest BCUT2D eigenvalue weighted by Gasteiger charge is 2.07. The number of ether oxygens (including phenoxy) is 1. The van der Waals surface area contributed by atoms with Gasteiger partial charge in [-0.25, -0.2) is 13.2 Å². The molecule has 11 heavy (non-hydrogen) atoms. The quantitative estimate of drug-likeness (QED) is 0.456. The predicted molar refractivity (Wildman–Crippen MR) is 34.8 cm³/mol. The molecule has 0 heterocycles. The van der Waals surface area contributed by atoms with Crippen LogP contribution in [0.1, 0.15) is 0 Å². The Bertz CT molecular complexity index is 178. The Hall–Kier alpha value is -1.11. The van der Waals surface area contributed by atoms with Crippen molar-refractivity contribution in [3.8, 4) is 11.8 Å². The fraction of sp³-hybridized carbons (Fsp3) is 0.429. The smallest absolute Gasteiger partial charge is 0.294 e. The van der Waals surface area contributed by atoms with Crippen molar-refractivity contribution in [2.45, 2.75) is 6.43 Å². The van der Waals surface area contributed by atoms with E-state index in [0.717, 1.165) is 0 Å². The highest BCUT2D eigenvalue weighted by atomic mass is 19.3. The summed E-state index contributed by atoms with van der Waals surface area (Å²) in [5.74, 6) is 3.55. The van der Waals surface area contributed by atoms with Gasteiger partial charge in [0.25, 0.3) is 6.43 Å². The number of hydrogen-bond acceptors (Lipinski definition) is 1. The van der Waals surface area contributed by atoms with Crippen molar-refractivity contribution in [3.05, 3.63) is 12.3 Å². The van der Waals surface area contributed by atoms with E-state index in [0.29, 0.717) is 0 Å². The van der Waals surface area contributed by atoms with E-state index in [1.807, 2.05) is 5.92 Å². The molecule has 62 valence electrons. The van der Waals surface area contributed by atoms with E-state index < -0.39 is 18.9 Å². The predicted octanol–water partition coefficient (Wildman–Crippen LogP) is 1.75. The van der Waals surface area contributed by atoms with Crippen LogP contribution in [0, 0.1) is 11.8 Å². The Morgan fingerprint density at radius 3 is 2.55 bits per heavy atom. The van der Waals surface area contributed by atoms with Gasteiger partial charge in [0, 0.05) is 0 Å². The van der Waals surface area contributed by atoms with Gasteiger partial charge in [-0.1, -0.05) is 18.4 Å². The van der Waals surface area contributed by atoms with Crippen LogP contribution in [0.3, 0.4) is 0 Å². The first-order valence-corrected chi connectivity index (χ1v) is 2.80. The van der Waals surface area contributed by atoms with Crippen LogP contribution in [0.2, 0.25) is 0 Å². The molecule has 0 aromatic rings. The normalized spacial score (nSPS) is 8.73. The van der Waals surface area contributed by atoms with Gasteiger partial charge in [0.2, 0.25) is 0 Å². The van der Waals surface area contributed by atoms with Gasteiger partial charge in [-0.2, -0.15) is 0 Å². The monoisotopic (exact) mass is 164 g/mol. The molecule has 0 aliphatic heterocycles. The van der Waals surface area contributed by atoms with Crippen molar-refractivity contribution in [3.63, 3.8) is 0 Å². The molecule has 0 saturated heterocycles. The largest absolute Gasteiger partial charge is 0.480 e. The molecule has 0 unspecified atom stereocenters. The van der Waals surface area contributed by atoms with Crippen LogP contribution in [-0.4, -0.2) is 19.7 Å². The van der Waals surface area contributed by atoms with Gasteiger partial charge < -0.3 is 4.74 Å². The SMILES string of the molecule is C=C(OCC#CCF)C(F)F. The highest BCUT2D eigenvalue weighted by molar-refractivity contribution is 5.00. The summed E-state index contributed by atoms with van der Waals surface area (Å²) < 4.78 is 38.8. The number of hydrogen-bond donors (Lipinski definition) is 0. The number of alkyl halides is 3. The van der Waals surface area contributed by atoms with Crippen LogP contribution in [0.15, 0.2) is 12.3 Å². The summed E-state index contributed by atoms with van der Waals surface area (Å²) in [6, 6.07) is 0. The van der Waals surface area contributed by atoms with E-state index in [4.69, 9.17) is 0 Å². The van der Waals surface area contributed by atoms with E-state index in [9.17, 15) is 13.2 Å². The number of halogens is 3. The highest BCUT2D eigenvalue weighted by Crippen LogP contribution is 2.05. The standard InChI is InChI=1S/C7H7F3O/c1-6(7(9)10)11-5-3-2-4-8/h7H,1,4-5H2. The molecule has 0 aliphatic rings. The third-order valence-corrected chi connectivity index (χ3v) is 0.765. The molecule has 4 heteroatoms. The molecule has 0 amide bonds. The lowest BCUT2D eigenvalue weighted by Crippen LogP contribution is -2.00. The van der Waals surface area contributed by atoms with Crippen LogP contribution >= 0.6 is 0 Å². The second kappa shape index (κ2) is 5.66.